The third-order valence-electron chi connectivity index (χ3n) is 5.11. The van der Waals surface area contributed by atoms with Gasteiger partial charge in [-0.15, -0.1) is 0 Å². The molecule has 2 aromatic heterocycles. The molecule has 0 saturated heterocycles. The number of hydrogen-bond acceptors (Lipinski definition) is 5. The maximum absolute atomic E-state index is 13.8. The fraction of sp³-hybridized carbons (Fsp3) is 0.400. The van der Waals surface area contributed by atoms with Crippen LogP contribution in [0.5, 0.6) is 0 Å². The van der Waals surface area contributed by atoms with Gasteiger partial charge in [0.1, 0.15) is 11.9 Å². The summed E-state index contributed by atoms with van der Waals surface area (Å²) in [6.45, 7) is 3.78. The van der Waals surface area contributed by atoms with Crippen molar-refractivity contribution in [3.05, 3.63) is 57.2 Å². The number of imidazole rings is 1. The molecule has 1 atom stereocenters. The molecule has 8 nitrogen and oxygen atoms in total. The number of benzene rings is 1. The normalized spacial score (nSPS) is 14.9. The van der Waals surface area contributed by atoms with Crippen molar-refractivity contribution in [1.82, 2.24) is 18.7 Å². The SMILES string of the molecule is CCOC(=O)C(C)n1cnc2c1c(=O)n(CC1CC1)c(=O)n2-c1cccc(F)c1. The van der Waals surface area contributed by atoms with Gasteiger partial charge in [0.05, 0.1) is 18.6 Å². The summed E-state index contributed by atoms with van der Waals surface area (Å²) in [5, 5.41) is 0. The molecule has 0 amide bonds. The fourth-order valence-corrected chi connectivity index (χ4v) is 3.38. The van der Waals surface area contributed by atoms with E-state index >= 15 is 0 Å². The lowest BCUT2D eigenvalue weighted by Gasteiger charge is -2.15. The number of carbonyl (C=O) groups is 1. The van der Waals surface area contributed by atoms with E-state index in [0.717, 1.165) is 17.4 Å². The van der Waals surface area contributed by atoms with Crippen molar-refractivity contribution in [2.45, 2.75) is 39.3 Å². The lowest BCUT2D eigenvalue weighted by Crippen LogP contribution is -2.41. The Morgan fingerprint density at radius 2 is 2.10 bits per heavy atom. The predicted molar refractivity (Wildman–Crippen MR) is 104 cm³/mol. The Labute approximate surface area is 165 Å². The van der Waals surface area contributed by atoms with Crippen LogP contribution in [0, 0.1) is 11.7 Å². The first-order chi connectivity index (χ1) is 13.9. The van der Waals surface area contributed by atoms with Crippen LogP contribution in [0.15, 0.2) is 40.2 Å². The molecule has 1 aliphatic rings. The van der Waals surface area contributed by atoms with E-state index in [4.69, 9.17) is 4.74 Å². The quantitative estimate of drug-likeness (QED) is 0.591. The highest BCUT2D eigenvalue weighted by Crippen LogP contribution is 2.30. The fourth-order valence-electron chi connectivity index (χ4n) is 3.38. The lowest BCUT2D eigenvalue weighted by atomic mass is 10.3. The summed E-state index contributed by atoms with van der Waals surface area (Å²) < 4.78 is 22.7. The Morgan fingerprint density at radius 3 is 2.76 bits per heavy atom. The van der Waals surface area contributed by atoms with E-state index < -0.39 is 29.1 Å². The first-order valence-corrected chi connectivity index (χ1v) is 9.57. The monoisotopic (exact) mass is 400 g/mol. The molecule has 0 spiro atoms. The summed E-state index contributed by atoms with van der Waals surface area (Å²) in [7, 11) is 0. The van der Waals surface area contributed by atoms with E-state index in [0.29, 0.717) is 0 Å². The van der Waals surface area contributed by atoms with Crippen molar-refractivity contribution < 1.29 is 13.9 Å². The molecule has 0 N–H and O–H groups in total. The van der Waals surface area contributed by atoms with Gasteiger partial charge in [0.2, 0.25) is 0 Å². The Bertz CT molecular complexity index is 1210. The number of hydrogen-bond donors (Lipinski definition) is 0. The third-order valence-corrected chi connectivity index (χ3v) is 5.11. The minimum Gasteiger partial charge on any atom is -0.464 e. The number of halogens is 1. The second-order valence-corrected chi connectivity index (χ2v) is 7.21. The zero-order chi connectivity index (χ0) is 20.7. The number of carbonyl (C=O) groups excluding carboxylic acids is 1. The smallest absolute Gasteiger partial charge is 0.337 e. The molecule has 0 radical (unpaired) electrons. The zero-order valence-corrected chi connectivity index (χ0v) is 16.2. The lowest BCUT2D eigenvalue weighted by molar-refractivity contribution is -0.146. The third kappa shape index (κ3) is 3.37. The molecule has 1 aliphatic carbocycles. The molecular formula is C20H21FN4O4. The molecule has 1 fully saturated rings. The van der Waals surface area contributed by atoms with Gasteiger partial charge in [0.15, 0.2) is 11.2 Å². The second kappa shape index (κ2) is 7.31. The zero-order valence-electron chi connectivity index (χ0n) is 16.2. The molecule has 3 aromatic rings. The van der Waals surface area contributed by atoms with Gasteiger partial charge in [0, 0.05) is 6.54 Å². The highest BCUT2D eigenvalue weighted by molar-refractivity contribution is 5.79. The standard InChI is InChI=1S/C20H21FN4O4/c1-3-29-19(27)12(2)24-11-22-17-16(24)18(26)23(10-13-7-8-13)20(28)25(17)15-6-4-5-14(21)9-15/h4-6,9,11-13H,3,7-8,10H2,1-2H3. The molecule has 2 heterocycles. The van der Waals surface area contributed by atoms with Crippen LogP contribution in [0.2, 0.25) is 0 Å². The molecule has 29 heavy (non-hydrogen) atoms. The van der Waals surface area contributed by atoms with E-state index in [-0.39, 0.29) is 35.9 Å². The molecule has 152 valence electrons. The first kappa shape index (κ1) is 19.1. The van der Waals surface area contributed by atoms with Gasteiger partial charge < -0.3 is 9.30 Å². The predicted octanol–water partition coefficient (Wildman–Crippen LogP) is 2.02. The number of ether oxygens (including phenoxy) is 1. The van der Waals surface area contributed by atoms with Crippen LogP contribution in [0.4, 0.5) is 4.39 Å². The molecular weight excluding hydrogens is 379 g/mol. The maximum Gasteiger partial charge on any atom is 0.337 e. The highest BCUT2D eigenvalue weighted by Gasteiger charge is 2.28. The van der Waals surface area contributed by atoms with Gasteiger partial charge in [-0.2, -0.15) is 0 Å². The summed E-state index contributed by atoms with van der Waals surface area (Å²) in [5.74, 6) is -0.761. The van der Waals surface area contributed by atoms with E-state index in [9.17, 15) is 18.8 Å². The Morgan fingerprint density at radius 1 is 1.34 bits per heavy atom. The molecule has 1 aromatic carbocycles. The van der Waals surface area contributed by atoms with Gasteiger partial charge in [-0.05, 0) is 50.8 Å². The average Bonchev–Trinajstić information content (AvgIpc) is 3.41. The van der Waals surface area contributed by atoms with Crippen molar-refractivity contribution in [3.63, 3.8) is 0 Å². The summed E-state index contributed by atoms with van der Waals surface area (Å²) in [6, 6.07) is 4.73. The molecule has 0 aliphatic heterocycles. The van der Waals surface area contributed by atoms with Crippen LogP contribution in [-0.2, 0) is 16.1 Å². The molecule has 4 rings (SSSR count). The molecule has 1 unspecified atom stereocenters. The Kier molecular flexibility index (Phi) is 4.81. The summed E-state index contributed by atoms with van der Waals surface area (Å²) in [6.07, 6.45) is 3.23. The summed E-state index contributed by atoms with van der Waals surface area (Å²) >= 11 is 0. The van der Waals surface area contributed by atoms with Gasteiger partial charge in [-0.25, -0.2) is 23.5 Å². The summed E-state index contributed by atoms with van der Waals surface area (Å²) in [4.78, 5) is 42.8. The van der Waals surface area contributed by atoms with Gasteiger partial charge >= 0.3 is 11.7 Å². The van der Waals surface area contributed by atoms with E-state index in [1.165, 1.54) is 33.7 Å². The Balaban J connectivity index is 2.01. The number of aromatic nitrogens is 4. The highest BCUT2D eigenvalue weighted by atomic mass is 19.1. The minimum atomic E-state index is -0.805. The van der Waals surface area contributed by atoms with Crippen LogP contribution in [-0.4, -0.2) is 31.3 Å². The van der Waals surface area contributed by atoms with Gasteiger partial charge in [-0.3, -0.25) is 9.36 Å². The van der Waals surface area contributed by atoms with Crippen LogP contribution in [0.25, 0.3) is 16.9 Å². The van der Waals surface area contributed by atoms with Crippen molar-refractivity contribution in [1.29, 1.82) is 0 Å². The summed E-state index contributed by atoms with van der Waals surface area (Å²) in [5.41, 5.74) is -0.644. The van der Waals surface area contributed by atoms with Crippen LogP contribution >= 0.6 is 0 Å². The number of esters is 1. The van der Waals surface area contributed by atoms with Crippen LogP contribution in [0.1, 0.15) is 32.7 Å². The number of rotatable bonds is 6. The van der Waals surface area contributed by atoms with Crippen LogP contribution in [0.3, 0.4) is 0 Å². The van der Waals surface area contributed by atoms with Crippen molar-refractivity contribution in [3.8, 4) is 5.69 Å². The molecule has 9 heteroatoms. The topological polar surface area (TPSA) is 88.1 Å². The molecule has 0 bridgehead atoms. The number of fused-ring (bicyclic) bond motifs is 1. The number of nitrogens with zero attached hydrogens (tertiary/aromatic N) is 4. The second-order valence-electron chi connectivity index (χ2n) is 7.21. The van der Waals surface area contributed by atoms with E-state index in [1.54, 1.807) is 19.9 Å². The van der Waals surface area contributed by atoms with Crippen molar-refractivity contribution in [2.75, 3.05) is 6.61 Å². The van der Waals surface area contributed by atoms with Crippen molar-refractivity contribution >= 4 is 17.1 Å². The maximum atomic E-state index is 13.8. The van der Waals surface area contributed by atoms with E-state index in [1.807, 2.05) is 0 Å². The Hall–Kier alpha value is -3.23. The average molecular weight is 400 g/mol. The first-order valence-electron chi connectivity index (χ1n) is 9.57. The van der Waals surface area contributed by atoms with Gasteiger partial charge in [-0.1, -0.05) is 6.07 Å². The van der Waals surface area contributed by atoms with E-state index in [2.05, 4.69) is 4.98 Å². The molecule has 1 saturated carbocycles. The van der Waals surface area contributed by atoms with Crippen LogP contribution < -0.4 is 11.2 Å². The van der Waals surface area contributed by atoms with Crippen molar-refractivity contribution in [2.24, 2.45) is 5.92 Å². The van der Waals surface area contributed by atoms with Gasteiger partial charge in [0.25, 0.3) is 5.56 Å². The minimum absolute atomic E-state index is 0.0776. The largest absolute Gasteiger partial charge is 0.464 e.